The number of sulfonamides is 1. The molecule has 5 nitrogen and oxygen atoms in total. The molecule has 0 aromatic heterocycles. The zero-order chi connectivity index (χ0) is 13.5. The highest BCUT2D eigenvalue weighted by molar-refractivity contribution is 9.10. The zero-order valence-corrected chi connectivity index (χ0v) is 12.0. The summed E-state index contributed by atoms with van der Waals surface area (Å²) in [5.41, 5.74) is 0.460. The molecule has 1 aliphatic rings. The summed E-state index contributed by atoms with van der Waals surface area (Å²) >= 11 is 3.13. The third-order valence-electron chi connectivity index (χ3n) is 2.78. The maximum Gasteiger partial charge on any atom is 0.336 e. The molecule has 1 unspecified atom stereocenters. The molecule has 0 saturated carbocycles. The number of carboxylic acid groups (broad SMARTS) is 1. The Labute approximate surface area is 114 Å². The van der Waals surface area contributed by atoms with Gasteiger partial charge in [-0.2, -0.15) is 0 Å². The van der Waals surface area contributed by atoms with Crippen LogP contribution in [0, 0.1) is 5.92 Å². The Morgan fingerprint density at radius 3 is 2.67 bits per heavy atom. The third-order valence-corrected chi connectivity index (χ3v) is 5.49. The fourth-order valence-corrected chi connectivity index (χ4v) is 4.33. The van der Waals surface area contributed by atoms with Crippen LogP contribution in [0.5, 0.6) is 0 Å². The Kier molecular flexibility index (Phi) is 3.37. The van der Waals surface area contributed by atoms with Crippen molar-refractivity contribution in [2.24, 2.45) is 5.92 Å². The summed E-state index contributed by atoms with van der Waals surface area (Å²) < 4.78 is 25.5. The smallest absolute Gasteiger partial charge is 0.336 e. The van der Waals surface area contributed by atoms with E-state index in [1.54, 1.807) is 12.1 Å². The van der Waals surface area contributed by atoms with Crippen LogP contribution in [0.4, 0.5) is 5.69 Å². The van der Waals surface area contributed by atoms with Gasteiger partial charge in [0.25, 0.3) is 0 Å². The monoisotopic (exact) mass is 333 g/mol. The van der Waals surface area contributed by atoms with Crippen LogP contribution in [0.25, 0.3) is 0 Å². The number of anilines is 1. The number of nitrogens with zero attached hydrogens (tertiary/aromatic N) is 1. The van der Waals surface area contributed by atoms with Crippen LogP contribution in [-0.4, -0.2) is 31.8 Å². The summed E-state index contributed by atoms with van der Waals surface area (Å²) in [6, 6.07) is 4.53. The first-order chi connectivity index (χ1) is 8.31. The predicted octanol–water partition coefficient (Wildman–Crippen LogP) is 1.93. The number of benzene rings is 1. The van der Waals surface area contributed by atoms with Gasteiger partial charge in [0.2, 0.25) is 10.0 Å². The number of halogens is 1. The summed E-state index contributed by atoms with van der Waals surface area (Å²) in [6.45, 7) is 2.25. The minimum Gasteiger partial charge on any atom is -0.478 e. The molecule has 0 amide bonds. The van der Waals surface area contributed by atoms with Crippen LogP contribution >= 0.6 is 15.9 Å². The van der Waals surface area contributed by atoms with E-state index in [1.807, 2.05) is 6.92 Å². The van der Waals surface area contributed by atoms with Gasteiger partial charge in [-0.1, -0.05) is 6.92 Å². The van der Waals surface area contributed by atoms with Gasteiger partial charge in [-0.15, -0.1) is 0 Å². The number of aromatic carboxylic acids is 1. The molecular weight excluding hydrogens is 322 g/mol. The second kappa shape index (κ2) is 4.55. The molecular formula is C11H12BrNO4S. The van der Waals surface area contributed by atoms with Gasteiger partial charge in [0.15, 0.2) is 0 Å². The minimum atomic E-state index is -3.32. The first-order valence-corrected chi connectivity index (χ1v) is 7.75. The molecule has 18 heavy (non-hydrogen) atoms. The Morgan fingerprint density at radius 1 is 1.50 bits per heavy atom. The van der Waals surface area contributed by atoms with Crippen molar-refractivity contribution in [2.45, 2.75) is 6.92 Å². The molecule has 1 N–H and O–H groups in total. The van der Waals surface area contributed by atoms with Crippen LogP contribution in [0.2, 0.25) is 0 Å². The zero-order valence-electron chi connectivity index (χ0n) is 9.63. The first-order valence-electron chi connectivity index (χ1n) is 5.34. The summed E-state index contributed by atoms with van der Waals surface area (Å²) in [5, 5.41) is 9.02. The average molecular weight is 334 g/mol. The fraction of sp³-hybridized carbons (Fsp3) is 0.364. The summed E-state index contributed by atoms with van der Waals surface area (Å²) in [5.74, 6) is -0.939. The average Bonchev–Trinajstić information content (AvgIpc) is 2.52. The molecule has 1 aliphatic heterocycles. The quantitative estimate of drug-likeness (QED) is 0.897. The molecule has 1 aromatic carbocycles. The van der Waals surface area contributed by atoms with E-state index in [4.69, 9.17) is 5.11 Å². The Balaban J connectivity index is 2.47. The number of carbonyl (C=O) groups is 1. The normalized spacial score (nSPS) is 22.1. The van der Waals surface area contributed by atoms with Crippen LogP contribution < -0.4 is 4.31 Å². The van der Waals surface area contributed by atoms with Crippen LogP contribution in [0.1, 0.15) is 17.3 Å². The van der Waals surface area contributed by atoms with E-state index in [9.17, 15) is 13.2 Å². The van der Waals surface area contributed by atoms with Gasteiger partial charge in [0.1, 0.15) is 0 Å². The summed E-state index contributed by atoms with van der Waals surface area (Å²) in [7, 11) is -3.32. The van der Waals surface area contributed by atoms with Gasteiger partial charge in [0.05, 0.1) is 17.0 Å². The van der Waals surface area contributed by atoms with Gasteiger partial charge in [-0.25, -0.2) is 13.2 Å². The molecule has 0 aliphatic carbocycles. The van der Waals surface area contributed by atoms with E-state index < -0.39 is 16.0 Å². The highest BCUT2D eigenvalue weighted by Gasteiger charge is 2.34. The van der Waals surface area contributed by atoms with Gasteiger partial charge in [-0.3, -0.25) is 4.31 Å². The number of carboxylic acids is 1. The lowest BCUT2D eigenvalue weighted by molar-refractivity contribution is 0.0696. The van der Waals surface area contributed by atoms with Crippen LogP contribution in [0.3, 0.4) is 0 Å². The van der Waals surface area contributed by atoms with E-state index in [1.165, 1.54) is 10.4 Å². The van der Waals surface area contributed by atoms with E-state index in [0.717, 1.165) is 0 Å². The number of hydrogen-bond acceptors (Lipinski definition) is 3. The van der Waals surface area contributed by atoms with E-state index in [-0.39, 0.29) is 17.2 Å². The molecule has 0 bridgehead atoms. The highest BCUT2D eigenvalue weighted by Crippen LogP contribution is 2.30. The molecule has 98 valence electrons. The van der Waals surface area contributed by atoms with E-state index >= 15 is 0 Å². The third kappa shape index (κ3) is 2.37. The summed E-state index contributed by atoms with van der Waals surface area (Å²) in [4.78, 5) is 11.0. The largest absolute Gasteiger partial charge is 0.478 e. The van der Waals surface area contributed by atoms with Crippen LogP contribution in [-0.2, 0) is 10.0 Å². The Hall–Kier alpha value is -1.08. The molecule has 2 rings (SSSR count). The maximum atomic E-state index is 11.9. The van der Waals surface area contributed by atoms with Crippen molar-refractivity contribution in [2.75, 3.05) is 16.6 Å². The Bertz CT molecular complexity index is 599. The maximum absolute atomic E-state index is 11.9. The molecule has 7 heteroatoms. The minimum absolute atomic E-state index is 0.0481. The predicted molar refractivity (Wildman–Crippen MR) is 71.4 cm³/mol. The van der Waals surface area contributed by atoms with Crippen molar-refractivity contribution < 1.29 is 18.3 Å². The lowest BCUT2D eigenvalue weighted by atomic mass is 10.2. The number of rotatable bonds is 2. The molecule has 0 spiro atoms. The fourth-order valence-electron chi connectivity index (χ4n) is 2.00. The molecule has 1 saturated heterocycles. The van der Waals surface area contributed by atoms with Gasteiger partial charge >= 0.3 is 5.97 Å². The summed E-state index contributed by atoms with van der Waals surface area (Å²) in [6.07, 6.45) is 0. The topological polar surface area (TPSA) is 74.7 Å². The van der Waals surface area contributed by atoms with Crippen molar-refractivity contribution >= 4 is 37.6 Å². The second-order valence-corrected chi connectivity index (χ2v) is 7.18. The van der Waals surface area contributed by atoms with Gasteiger partial charge in [-0.05, 0) is 40.0 Å². The van der Waals surface area contributed by atoms with Crippen molar-refractivity contribution in [1.82, 2.24) is 0 Å². The standard InChI is InChI=1S/C11H12BrNO4S/c1-7-5-13(18(16,17)6-7)8-2-3-10(12)9(4-8)11(14)15/h2-4,7H,5-6H2,1H3,(H,14,15). The van der Waals surface area contributed by atoms with Crippen molar-refractivity contribution in [3.63, 3.8) is 0 Å². The Morgan fingerprint density at radius 2 is 2.17 bits per heavy atom. The number of hydrogen-bond donors (Lipinski definition) is 1. The van der Waals surface area contributed by atoms with E-state index in [2.05, 4.69) is 15.9 Å². The van der Waals surface area contributed by atoms with Crippen molar-refractivity contribution in [3.05, 3.63) is 28.2 Å². The molecule has 1 atom stereocenters. The van der Waals surface area contributed by atoms with Gasteiger partial charge < -0.3 is 5.11 Å². The van der Waals surface area contributed by atoms with Gasteiger partial charge in [0, 0.05) is 11.0 Å². The van der Waals surface area contributed by atoms with E-state index in [0.29, 0.717) is 16.7 Å². The lowest BCUT2D eigenvalue weighted by Crippen LogP contribution is -2.25. The molecule has 0 radical (unpaired) electrons. The first kappa shape index (κ1) is 13.4. The second-order valence-electron chi connectivity index (χ2n) is 4.38. The SMILES string of the molecule is CC1CN(c2ccc(Br)c(C(=O)O)c2)S(=O)(=O)C1. The highest BCUT2D eigenvalue weighted by atomic mass is 79.9. The van der Waals surface area contributed by atoms with Crippen molar-refractivity contribution in [3.8, 4) is 0 Å². The van der Waals surface area contributed by atoms with Crippen LogP contribution in [0.15, 0.2) is 22.7 Å². The molecule has 1 aromatic rings. The molecule has 1 heterocycles. The molecule has 1 fully saturated rings. The lowest BCUT2D eigenvalue weighted by Gasteiger charge is -2.17. The van der Waals surface area contributed by atoms with Crippen molar-refractivity contribution in [1.29, 1.82) is 0 Å².